The van der Waals surface area contributed by atoms with Gasteiger partial charge in [0.05, 0.1) is 18.9 Å². The lowest BCUT2D eigenvalue weighted by atomic mass is 10.3. The van der Waals surface area contributed by atoms with Gasteiger partial charge in [0.25, 0.3) is 0 Å². The van der Waals surface area contributed by atoms with Crippen molar-refractivity contribution in [3.05, 3.63) is 18.2 Å². The molecule has 0 saturated carbocycles. The zero-order chi connectivity index (χ0) is 15.9. The van der Waals surface area contributed by atoms with Gasteiger partial charge in [-0.2, -0.15) is 0 Å². The molecule has 21 heavy (non-hydrogen) atoms. The molecule has 0 heterocycles. The van der Waals surface area contributed by atoms with Crippen LogP contribution in [0.2, 0.25) is 0 Å². The highest BCUT2D eigenvalue weighted by molar-refractivity contribution is 7.89. The summed E-state index contributed by atoms with van der Waals surface area (Å²) >= 11 is 0. The molecule has 0 bridgehead atoms. The minimum absolute atomic E-state index is 0.0710. The molecule has 3 N–H and O–H groups in total. The van der Waals surface area contributed by atoms with E-state index >= 15 is 0 Å². The molecule has 1 rings (SSSR count). The van der Waals surface area contributed by atoms with E-state index in [1.165, 1.54) is 19.2 Å². The molecule has 0 spiro atoms. The Bertz CT molecular complexity index is 544. The maximum Gasteiger partial charge on any atom is 0.242 e. The molecular weight excluding hydrogens is 292 g/mol. The second kappa shape index (κ2) is 8.21. The first-order valence-corrected chi connectivity index (χ1v) is 8.40. The summed E-state index contributed by atoms with van der Waals surface area (Å²) in [4.78, 5) is 0.0710. The predicted molar refractivity (Wildman–Crippen MR) is 82.9 cm³/mol. The molecule has 0 aromatic heterocycles. The fraction of sp³-hybridized carbons (Fsp3) is 0.571. The van der Waals surface area contributed by atoms with Gasteiger partial charge in [0, 0.05) is 19.2 Å². The summed E-state index contributed by atoms with van der Waals surface area (Å²) < 4.78 is 37.2. The van der Waals surface area contributed by atoms with E-state index in [0.717, 1.165) is 6.42 Å². The van der Waals surface area contributed by atoms with Gasteiger partial charge in [-0.3, -0.25) is 0 Å². The number of rotatable bonds is 9. The Morgan fingerprint density at radius 2 is 2.00 bits per heavy atom. The third-order valence-electron chi connectivity index (χ3n) is 2.82. The summed E-state index contributed by atoms with van der Waals surface area (Å²) in [6.07, 6.45) is 1.71. The smallest absolute Gasteiger partial charge is 0.242 e. The van der Waals surface area contributed by atoms with E-state index in [4.69, 9.17) is 15.2 Å². The number of hydrogen-bond acceptors (Lipinski definition) is 5. The second-order valence-corrected chi connectivity index (χ2v) is 6.66. The fourth-order valence-corrected chi connectivity index (χ4v) is 2.91. The molecule has 0 aliphatic carbocycles. The number of nitrogen functional groups attached to an aromatic ring is 1. The molecule has 0 unspecified atom stereocenters. The number of hydrogen-bond donors (Lipinski definition) is 2. The molecule has 0 amide bonds. The van der Waals surface area contributed by atoms with Crippen LogP contribution in [0.5, 0.6) is 5.75 Å². The van der Waals surface area contributed by atoms with Crippen LogP contribution in [0.4, 0.5) is 5.69 Å². The average molecular weight is 316 g/mol. The molecule has 0 aliphatic heterocycles. The van der Waals surface area contributed by atoms with Gasteiger partial charge in [-0.25, -0.2) is 13.1 Å². The molecule has 0 saturated heterocycles. The van der Waals surface area contributed by atoms with Gasteiger partial charge in [0.15, 0.2) is 0 Å². The van der Waals surface area contributed by atoms with Crippen LogP contribution in [-0.4, -0.2) is 34.8 Å². The first-order valence-electron chi connectivity index (χ1n) is 6.91. The summed E-state index contributed by atoms with van der Waals surface area (Å²) in [5, 5.41) is 0. The van der Waals surface area contributed by atoms with Crippen LogP contribution >= 0.6 is 0 Å². The Balaban J connectivity index is 2.50. The zero-order valence-corrected chi connectivity index (χ0v) is 13.6. The maximum atomic E-state index is 12.1. The molecule has 0 aliphatic rings. The SMILES string of the molecule is COc1ccc(S(=O)(=O)NCCCCOC(C)C)c(N)c1. The number of benzene rings is 1. The van der Waals surface area contributed by atoms with Crippen LogP contribution in [-0.2, 0) is 14.8 Å². The van der Waals surface area contributed by atoms with Gasteiger partial charge in [0.2, 0.25) is 10.0 Å². The van der Waals surface area contributed by atoms with E-state index in [2.05, 4.69) is 4.72 Å². The topological polar surface area (TPSA) is 90.7 Å². The molecule has 6 nitrogen and oxygen atoms in total. The van der Waals surface area contributed by atoms with Crippen molar-refractivity contribution in [3.63, 3.8) is 0 Å². The molecular formula is C14H24N2O4S. The van der Waals surface area contributed by atoms with Crippen molar-refractivity contribution < 1.29 is 17.9 Å². The average Bonchev–Trinajstić information content (AvgIpc) is 2.41. The molecule has 1 aromatic rings. The van der Waals surface area contributed by atoms with Crippen LogP contribution < -0.4 is 15.2 Å². The number of methoxy groups -OCH3 is 1. The first-order chi connectivity index (χ1) is 9.86. The molecule has 1 aromatic carbocycles. The Labute approximate surface area is 126 Å². The van der Waals surface area contributed by atoms with Gasteiger partial charge >= 0.3 is 0 Å². The first kappa shape index (κ1) is 17.7. The Morgan fingerprint density at radius 1 is 1.29 bits per heavy atom. The van der Waals surface area contributed by atoms with Gasteiger partial charge < -0.3 is 15.2 Å². The highest BCUT2D eigenvalue weighted by Gasteiger charge is 2.17. The lowest BCUT2D eigenvalue weighted by Crippen LogP contribution is -2.25. The fourth-order valence-electron chi connectivity index (χ4n) is 1.73. The molecule has 120 valence electrons. The molecule has 0 fully saturated rings. The van der Waals surface area contributed by atoms with Crippen molar-refractivity contribution >= 4 is 15.7 Å². The van der Waals surface area contributed by atoms with E-state index in [9.17, 15) is 8.42 Å². The summed E-state index contributed by atoms with van der Waals surface area (Å²) in [6.45, 7) is 4.92. The molecule has 0 radical (unpaired) electrons. The van der Waals surface area contributed by atoms with E-state index < -0.39 is 10.0 Å². The van der Waals surface area contributed by atoms with E-state index in [-0.39, 0.29) is 16.7 Å². The van der Waals surface area contributed by atoms with Crippen molar-refractivity contribution in [3.8, 4) is 5.75 Å². The predicted octanol–water partition coefficient (Wildman–Crippen LogP) is 1.76. The normalized spacial score (nSPS) is 11.8. The van der Waals surface area contributed by atoms with Crippen LogP contribution in [0.15, 0.2) is 23.1 Å². The van der Waals surface area contributed by atoms with Gasteiger partial charge in [-0.05, 0) is 38.8 Å². The summed E-state index contributed by atoms with van der Waals surface area (Å²) in [6, 6.07) is 4.50. The van der Waals surface area contributed by atoms with E-state index in [0.29, 0.717) is 25.3 Å². The monoisotopic (exact) mass is 316 g/mol. The third kappa shape index (κ3) is 5.91. The maximum absolute atomic E-state index is 12.1. The highest BCUT2D eigenvalue weighted by Crippen LogP contribution is 2.23. The lowest BCUT2D eigenvalue weighted by Gasteiger charge is -2.11. The number of sulfonamides is 1. The zero-order valence-electron chi connectivity index (χ0n) is 12.8. The van der Waals surface area contributed by atoms with Crippen molar-refractivity contribution in [1.29, 1.82) is 0 Å². The van der Waals surface area contributed by atoms with Gasteiger partial charge in [-0.1, -0.05) is 0 Å². The van der Waals surface area contributed by atoms with Crippen LogP contribution in [0.1, 0.15) is 26.7 Å². The van der Waals surface area contributed by atoms with E-state index in [1.807, 2.05) is 13.8 Å². The van der Waals surface area contributed by atoms with Gasteiger partial charge in [0.1, 0.15) is 10.6 Å². The van der Waals surface area contributed by atoms with E-state index in [1.54, 1.807) is 6.07 Å². The third-order valence-corrected chi connectivity index (χ3v) is 4.36. The Morgan fingerprint density at radius 3 is 2.57 bits per heavy atom. The summed E-state index contributed by atoms with van der Waals surface area (Å²) in [5.74, 6) is 0.525. The number of nitrogens with one attached hydrogen (secondary N) is 1. The number of anilines is 1. The Kier molecular flexibility index (Phi) is 6.94. The van der Waals surface area contributed by atoms with Crippen molar-refractivity contribution in [1.82, 2.24) is 4.72 Å². The minimum atomic E-state index is -3.59. The Hall–Kier alpha value is -1.31. The number of nitrogens with two attached hydrogens (primary N) is 1. The van der Waals surface area contributed by atoms with Gasteiger partial charge in [-0.15, -0.1) is 0 Å². The van der Waals surface area contributed by atoms with Crippen LogP contribution in [0.3, 0.4) is 0 Å². The van der Waals surface area contributed by atoms with Crippen molar-refractivity contribution in [2.75, 3.05) is 26.0 Å². The van der Waals surface area contributed by atoms with Crippen LogP contribution in [0, 0.1) is 0 Å². The van der Waals surface area contributed by atoms with Crippen molar-refractivity contribution in [2.24, 2.45) is 0 Å². The van der Waals surface area contributed by atoms with Crippen molar-refractivity contribution in [2.45, 2.75) is 37.7 Å². The largest absolute Gasteiger partial charge is 0.497 e. The summed E-state index contributed by atoms with van der Waals surface area (Å²) in [7, 11) is -2.09. The standard InChI is InChI=1S/C14H24N2O4S/c1-11(2)20-9-5-4-8-16-21(17,18)14-7-6-12(19-3)10-13(14)15/h6-7,10-11,16H,4-5,8-9,15H2,1-3H3. The van der Waals surface area contributed by atoms with Crippen LogP contribution in [0.25, 0.3) is 0 Å². The quantitative estimate of drug-likeness (QED) is 0.535. The number of ether oxygens (including phenoxy) is 2. The lowest BCUT2D eigenvalue weighted by molar-refractivity contribution is 0.0762. The highest BCUT2D eigenvalue weighted by atomic mass is 32.2. The minimum Gasteiger partial charge on any atom is -0.497 e. The molecule has 7 heteroatoms. The summed E-state index contributed by atoms with van der Waals surface area (Å²) in [5.41, 5.74) is 5.92. The molecule has 0 atom stereocenters. The number of unbranched alkanes of at least 4 members (excludes halogenated alkanes) is 1. The second-order valence-electron chi connectivity index (χ2n) is 4.93.